The van der Waals surface area contributed by atoms with E-state index < -0.39 is 10.0 Å². The van der Waals surface area contributed by atoms with E-state index in [-0.39, 0.29) is 10.8 Å². The van der Waals surface area contributed by atoms with Crippen molar-refractivity contribution >= 4 is 21.6 Å². The highest BCUT2D eigenvalue weighted by atomic mass is 32.2. The normalized spacial score (nSPS) is 15.1. The second kappa shape index (κ2) is 6.34. The Morgan fingerprint density at radius 3 is 2.40 bits per heavy atom. The first-order valence-electron chi connectivity index (χ1n) is 6.58. The highest BCUT2D eigenvalue weighted by Gasteiger charge is 2.20. The van der Waals surface area contributed by atoms with E-state index in [0.29, 0.717) is 24.8 Å². The summed E-state index contributed by atoms with van der Waals surface area (Å²) in [4.78, 5) is 11.1. The zero-order valence-electron chi connectivity index (χ0n) is 11.3. The number of rotatable bonds is 7. The van der Waals surface area contributed by atoms with Crippen LogP contribution in [0.4, 0.5) is 5.69 Å². The van der Waals surface area contributed by atoms with Crippen LogP contribution < -0.4 is 15.4 Å². The molecular weight excluding hydrogens is 278 g/mol. The first kappa shape index (κ1) is 15.0. The standard InChI is InChI=1S/C13H19N3O3S/c1-10(17)16-12-4-6-13(7-5-12)20(18,19)15-9-8-14-11-2-3-11/h4-7,11,14-15H,2-3,8-9H2,1H3,(H,16,17). The number of carbonyl (C=O) groups excluding carboxylic acids is 1. The zero-order valence-corrected chi connectivity index (χ0v) is 12.2. The quantitative estimate of drug-likeness (QED) is 0.646. The molecule has 6 nitrogen and oxygen atoms in total. The van der Waals surface area contributed by atoms with Crippen molar-refractivity contribution in [3.8, 4) is 0 Å². The lowest BCUT2D eigenvalue weighted by Gasteiger charge is -2.08. The lowest BCUT2D eigenvalue weighted by molar-refractivity contribution is -0.114. The maximum atomic E-state index is 12.0. The maximum absolute atomic E-state index is 12.0. The smallest absolute Gasteiger partial charge is 0.240 e. The first-order valence-corrected chi connectivity index (χ1v) is 8.06. The molecule has 0 saturated heterocycles. The summed E-state index contributed by atoms with van der Waals surface area (Å²) in [7, 11) is -3.49. The van der Waals surface area contributed by atoms with Crippen molar-refractivity contribution in [2.75, 3.05) is 18.4 Å². The molecule has 0 radical (unpaired) electrons. The van der Waals surface area contributed by atoms with E-state index in [1.807, 2.05) is 0 Å². The number of hydrogen-bond acceptors (Lipinski definition) is 4. The van der Waals surface area contributed by atoms with Crippen molar-refractivity contribution in [3.05, 3.63) is 24.3 Å². The molecule has 0 aromatic heterocycles. The lowest BCUT2D eigenvalue weighted by atomic mass is 10.3. The van der Waals surface area contributed by atoms with Crippen LogP contribution >= 0.6 is 0 Å². The van der Waals surface area contributed by atoms with Crippen molar-refractivity contribution in [1.29, 1.82) is 0 Å². The molecule has 7 heteroatoms. The third-order valence-electron chi connectivity index (χ3n) is 2.91. The van der Waals surface area contributed by atoms with E-state index in [2.05, 4.69) is 15.4 Å². The molecule has 1 fully saturated rings. The van der Waals surface area contributed by atoms with E-state index in [1.54, 1.807) is 12.1 Å². The molecule has 0 spiro atoms. The molecule has 3 N–H and O–H groups in total. The number of benzene rings is 1. The summed E-state index contributed by atoms with van der Waals surface area (Å²) in [5.74, 6) is -0.190. The van der Waals surface area contributed by atoms with Gasteiger partial charge in [-0.25, -0.2) is 13.1 Å². The third kappa shape index (κ3) is 4.59. The van der Waals surface area contributed by atoms with E-state index in [9.17, 15) is 13.2 Å². The Kier molecular flexibility index (Phi) is 4.74. The minimum atomic E-state index is -3.49. The summed E-state index contributed by atoms with van der Waals surface area (Å²) in [5, 5.41) is 5.83. The van der Waals surface area contributed by atoms with Gasteiger partial charge in [0.2, 0.25) is 15.9 Å². The topological polar surface area (TPSA) is 87.3 Å². The molecule has 1 aliphatic rings. The van der Waals surface area contributed by atoms with Crippen LogP contribution in [0.15, 0.2) is 29.2 Å². The van der Waals surface area contributed by atoms with Crippen LogP contribution in [0.3, 0.4) is 0 Å². The molecule has 2 rings (SSSR count). The Morgan fingerprint density at radius 2 is 1.85 bits per heavy atom. The van der Waals surface area contributed by atoms with Crippen LogP contribution in [0, 0.1) is 0 Å². The van der Waals surface area contributed by atoms with Crippen LogP contribution in [0.1, 0.15) is 19.8 Å². The first-order chi connectivity index (χ1) is 9.47. The van der Waals surface area contributed by atoms with E-state index in [0.717, 1.165) is 0 Å². The maximum Gasteiger partial charge on any atom is 0.240 e. The average Bonchev–Trinajstić information content (AvgIpc) is 3.19. The van der Waals surface area contributed by atoms with Gasteiger partial charge >= 0.3 is 0 Å². The Morgan fingerprint density at radius 1 is 1.20 bits per heavy atom. The van der Waals surface area contributed by atoms with Gasteiger partial charge in [-0.1, -0.05) is 0 Å². The van der Waals surface area contributed by atoms with Gasteiger partial charge < -0.3 is 10.6 Å². The molecule has 0 bridgehead atoms. The summed E-state index contributed by atoms with van der Waals surface area (Å²) in [6.45, 7) is 2.40. The molecule has 0 atom stereocenters. The number of nitrogens with one attached hydrogen (secondary N) is 3. The molecule has 0 heterocycles. The van der Waals surface area contributed by atoms with Gasteiger partial charge in [0.05, 0.1) is 4.90 Å². The number of sulfonamides is 1. The second-order valence-electron chi connectivity index (χ2n) is 4.83. The minimum absolute atomic E-state index is 0.190. The number of carbonyl (C=O) groups is 1. The molecule has 110 valence electrons. The predicted molar refractivity (Wildman–Crippen MR) is 77.0 cm³/mol. The Labute approximate surface area is 119 Å². The van der Waals surface area contributed by atoms with E-state index in [4.69, 9.17) is 0 Å². The summed E-state index contributed by atoms with van der Waals surface area (Å²) >= 11 is 0. The summed E-state index contributed by atoms with van der Waals surface area (Å²) in [6.07, 6.45) is 2.36. The van der Waals surface area contributed by atoms with Crippen molar-refractivity contribution in [2.45, 2.75) is 30.7 Å². The number of hydrogen-bond donors (Lipinski definition) is 3. The third-order valence-corrected chi connectivity index (χ3v) is 4.39. The van der Waals surface area contributed by atoms with Crippen molar-refractivity contribution in [2.24, 2.45) is 0 Å². The van der Waals surface area contributed by atoms with Gasteiger partial charge in [0.1, 0.15) is 0 Å². The number of amides is 1. The molecule has 1 aliphatic carbocycles. The van der Waals surface area contributed by atoms with Gasteiger partial charge in [0.15, 0.2) is 0 Å². The van der Waals surface area contributed by atoms with Crippen molar-refractivity contribution in [1.82, 2.24) is 10.0 Å². The van der Waals surface area contributed by atoms with Crippen molar-refractivity contribution < 1.29 is 13.2 Å². The van der Waals surface area contributed by atoms with Crippen molar-refractivity contribution in [3.63, 3.8) is 0 Å². The Bertz CT molecular complexity index is 565. The van der Waals surface area contributed by atoms with E-state index >= 15 is 0 Å². The lowest BCUT2D eigenvalue weighted by Crippen LogP contribution is -2.32. The van der Waals surface area contributed by atoms with Gasteiger partial charge in [0.25, 0.3) is 0 Å². The van der Waals surface area contributed by atoms with Gasteiger partial charge in [-0.05, 0) is 37.1 Å². The molecule has 1 aromatic carbocycles. The van der Waals surface area contributed by atoms with Crippen LogP contribution in [-0.4, -0.2) is 33.5 Å². The summed E-state index contributed by atoms with van der Waals surface area (Å²) in [6, 6.07) is 6.65. The molecular formula is C13H19N3O3S. The largest absolute Gasteiger partial charge is 0.326 e. The molecule has 1 saturated carbocycles. The molecule has 1 amide bonds. The summed E-state index contributed by atoms with van der Waals surface area (Å²) in [5.41, 5.74) is 0.576. The number of anilines is 1. The Hall–Kier alpha value is -1.44. The Balaban J connectivity index is 1.88. The van der Waals surface area contributed by atoms with Gasteiger partial charge in [-0.2, -0.15) is 0 Å². The second-order valence-corrected chi connectivity index (χ2v) is 6.60. The monoisotopic (exact) mass is 297 g/mol. The SMILES string of the molecule is CC(=O)Nc1ccc(S(=O)(=O)NCCNC2CC2)cc1. The fraction of sp³-hybridized carbons (Fsp3) is 0.462. The average molecular weight is 297 g/mol. The van der Waals surface area contributed by atoms with Crippen LogP contribution in [-0.2, 0) is 14.8 Å². The summed E-state index contributed by atoms with van der Waals surface area (Å²) < 4.78 is 26.5. The highest BCUT2D eigenvalue weighted by Crippen LogP contribution is 2.18. The molecule has 0 unspecified atom stereocenters. The highest BCUT2D eigenvalue weighted by molar-refractivity contribution is 7.89. The van der Waals surface area contributed by atoms with Crippen LogP contribution in [0.2, 0.25) is 0 Å². The molecule has 0 aliphatic heterocycles. The van der Waals surface area contributed by atoms with Gasteiger partial charge in [-0.3, -0.25) is 4.79 Å². The van der Waals surface area contributed by atoms with Gasteiger partial charge in [0, 0.05) is 31.7 Å². The predicted octanol–water partition coefficient (Wildman–Crippen LogP) is 0.675. The van der Waals surface area contributed by atoms with Gasteiger partial charge in [-0.15, -0.1) is 0 Å². The van der Waals surface area contributed by atoms with Crippen LogP contribution in [0.5, 0.6) is 0 Å². The molecule has 1 aromatic rings. The fourth-order valence-corrected chi connectivity index (χ4v) is 2.79. The zero-order chi connectivity index (χ0) is 14.6. The fourth-order valence-electron chi connectivity index (χ4n) is 1.75. The van der Waals surface area contributed by atoms with E-state index in [1.165, 1.54) is 31.9 Å². The van der Waals surface area contributed by atoms with Crippen LogP contribution in [0.25, 0.3) is 0 Å². The molecule has 20 heavy (non-hydrogen) atoms. The minimum Gasteiger partial charge on any atom is -0.326 e.